The standard InChI is InChI=1S/C20H31N3O2/c24-20(21-12-5-4-10-19-11-6-17-25-19)23-14-7-13-22(15-16-23)18-8-2-1-3-9-18/h1-3,8-9,19H,4-7,10-17H2,(H,21,24). The summed E-state index contributed by atoms with van der Waals surface area (Å²) < 4.78 is 5.64. The molecule has 1 aromatic carbocycles. The van der Waals surface area contributed by atoms with Gasteiger partial charge in [-0.3, -0.25) is 0 Å². The molecule has 5 nitrogen and oxygen atoms in total. The summed E-state index contributed by atoms with van der Waals surface area (Å²) in [4.78, 5) is 16.7. The molecule has 2 aliphatic rings. The van der Waals surface area contributed by atoms with Gasteiger partial charge < -0.3 is 19.9 Å². The van der Waals surface area contributed by atoms with Crippen molar-refractivity contribution in [1.82, 2.24) is 10.2 Å². The Labute approximate surface area is 151 Å². The molecule has 138 valence electrons. The Kier molecular flexibility index (Phi) is 6.98. The number of para-hydroxylation sites is 1. The largest absolute Gasteiger partial charge is 0.378 e. The zero-order chi connectivity index (χ0) is 17.3. The average molecular weight is 345 g/mol. The van der Waals surface area contributed by atoms with Gasteiger partial charge >= 0.3 is 6.03 Å². The first kappa shape index (κ1) is 18.1. The number of nitrogens with one attached hydrogen (secondary N) is 1. The third-order valence-corrected chi connectivity index (χ3v) is 5.16. The van der Waals surface area contributed by atoms with E-state index in [2.05, 4.69) is 34.5 Å². The van der Waals surface area contributed by atoms with Crippen LogP contribution in [0.4, 0.5) is 10.5 Å². The van der Waals surface area contributed by atoms with Crippen molar-refractivity contribution in [3.63, 3.8) is 0 Å². The van der Waals surface area contributed by atoms with E-state index in [0.29, 0.717) is 6.10 Å². The summed E-state index contributed by atoms with van der Waals surface area (Å²) in [7, 11) is 0. The average Bonchev–Trinajstić information content (AvgIpc) is 3.04. The third-order valence-electron chi connectivity index (χ3n) is 5.16. The number of carbonyl (C=O) groups excluding carboxylic acids is 1. The first-order valence-electron chi connectivity index (χ1n) is 9.77. The zero-order valence-electron chi connectivity index (χ0n) is 15.2. The van der Waals surface area contributed by atoms with Crippen molar-refractivity contribution in [2.24, 2.45) is 0 Å². The van der Waals surface area contributed by atoms with Crippen molar-refractivity contribution in [3.05, 3.63) is 30.3 Å². The van der Waals surface area contributed by atoms with Gasteiger partial charge in [-0.05, 0) is 50.7 Å². The van der Waals surface area contributed by atoms with Gasteiger partial charge in [0.2, 0.25) is 0 Å². The van der Waals surface area contributed by atoms with Gasteiger partial charge in [0.15, 0.2) is 0 Å². The van der Waals surface area contributed by atoms with E-state index >= 15 is 0 Å². The van der Waals surface area contributed by atoms with Crippen molar-refractivity contribution < 1.29 is 9.53 Å². The van der Waals surface area contributed by atoms with Crippen molar-refractivity contribution in [3.8, 4) is 0 Å². The Hall–Kier alpha value is -1.75. The van der Waals surface area contributed by atoms with E-state index in [1.807, 2.05) is 11.0 Å². The molecule has 0 bridgehead atoms. The van der Waals surface area contributed by atoms with E-state index < -0.39 is 0 Å². The second kappa shape index (κ2) is 9.66. The normalized spacial score (nSPS) is 21.2. The molecule has 25 heavy (non-hydrogen) atoms. The van der Waals surface area contributed by atoms with Gasteiger partial charge in [-0.15, -0.1) is 0 Å². The molecule has 1 N–H and O–H groups in total. The minimum atomic E-state index is 0.0898. The van der Waals surface area contributed by atoms with E-state index in [1.54, 1.807) is 0 Å². The molecule has 0 aliphatic carbocycles. The SMILES string of the molecule is O=C(NCCCCC1CCCO1)N1CCCN(c2ccccc2)CC1. The molecule has 5 heteroatoms. The van der Waals surface area contributed by atoms with Crippen LogP contribution in [0, 0.1) is 0 Å². The lowest BCUT2D eigenvalue weighted by atomic mass is 10.1. The molecule has 1 atom stereocenters. The van der Waals surface area contributed by atoms with Crippen LogP contribution in [0.15, 0.2) is 30.3 Å². The smallest absolute Gasteiger partial charge is 0.317 e. The number of rotatable bonds is 6. The third kappa shape index (κ3) is 5.63. The fourth-order valence-electron chi connectivity index (χ4n) is 3.69. The number of unbranched alkanes of at least 4 members (excludes halogenated alkanes) is 1. The molecule has 3 rings (SSSR count). The molecule has 0 aromatic heterocycles. The molecule has 1 aromatic rings. The highest BCUT2D eigenvalue weighted by atomic mass is 16.5. The minimum absolute atomic E-state index is 0.0898. The maximum atomic E-state index is 12.4. The van der Waals surface area contributed by atoms with Crippen LogP contribution in [0.25, 0.3) is 0 Å². The van der Waals surface area contributed by atoms with E-state index in [9.17, 15) is 4.79 Å². The zero-order valence-corrected chi connectivity index (χ0v) is 15.2. The van der Waals surface area contributed by atoms with E-state index in [1.165, 1.54) is 18.5 Å². The van der Waals surface area contributed by atoms with Crippen molar-refractivity contribution >= 4 is 11.7 Å². The van der Waals surface area contributed by atoms with Crippen LogP contribution < -0.4 is 10.2 Å². The number of anilines is 1. The Morgan fingerprint density at radius 1 is 1.08 bits per heavy atom. The van der Waals surface area contributed by atoms with E-state index in [-0.39, 0.29) is 6.03 Å². The molecule has 2 heterocycles. The number of hydrogen-bond acceptors (Lipinski definition) is 3. The maximum Gasteiger partial charge on any atom is 0.317 e. The van der Waals surface area contributed by atoms with Crippen LogP contribution in [0.5, 0.6) is 0 Å². The number of amides is 2. The molecule has 0 saturated carbocycles. The summed E-state index contributed by atoms with van der Waals surface area (Å²) in [5.74, 6) is 0. The van der Waals surface area contributed by atoms with Gasteiger partial charge in [0.1, 0.15) is 0 Å². The predicted octanol–water partition coefficient (Wildman–Crippen LogP) is 3.26. The number of benzene rings is 1. The summed E-state index contributed by atoms with van der Waals surface area (Å²) in [6, 6.07) is 10.6. The van der Waals surface area contributed by atoms with Gasteiger partial charge in [0, 0.05) is 45.0 Å². The Balaban J connectivity index is 1.33. The van der Waals surface area contributed by atoms with Crippen molar-refractivity contribution in [2.75, 3.05) is 44.2 Å². The number of urea groups is 1. The summed E-state index contributed by atoms with van der Waals surface area (Å²) in [5.41, 5.74) is 1.25. The van der Waals surface area contributed by atoms with Crippen molar-refractivity contribution in [1.29, 1.82) is 0 Å². The molecular formula is C20H31N3O2. The molecule has 2 aliphatic heterocycles. The van der Waals surface area contributed by atoms with Gasteiger partial charge in [0.05, 0.1) is 6.10 Å². The second-order valence-electron chi connectivity index (χ2n) is 7.03. The molecule has 2 amide bonds. The molecule has 0 radical (unpaired) electrons. The first-order chi connectivity index (χ1) is 12.3. The van der Waals surface area contributed by atoms with Crippen LogP contribution in [0.3, 0.4) is 0 Å². The van der Waals surface area contributed by atoms with Gasteiger partial charge in [-0.2, -0.15) is 0 Å². The van der Waals surface area contributed by atoms with E-state index in [4.69, 9.17) is 4.74 Å². The minimum Gasteiger partial charge on any atom is -0.378 e. The molecule has 2 saturated heterocycles. The quantitative estimate of drug-likeness (QED) is 0.805. The Morgan fingerprint density at radius 2 is 1.96 bits per heavy atom. The van der Waals surface area contributed by atoms with Crippen LogP contribution >= 0.6 is 0 Å². The summed E-state index contributed by atoms with van der Waals surface area (Å²) >= 11 is 0. The van der Waals surface area contributed by atoms with Crippen LogP contribution in [0.2, 0.25) is 0 Å². The molecule has 2 fully saturated rings. The molecular weight excluding hydrogens is 314 g/mol. The number of ether oxygens (including phenoxy) is 1. The molecule has 0 spiro atoms. The lowest BCUT2D eigenvalue weighted by Gasteiger charge is -2.24. The fraction of sp³-hybridized carbons (Fsp3) is 0.650. The number of carbonyl (C=O) groups is 1. The van der Waals surface area contributed by atoms with Crippen molar-refractivity contribution in [2.45, 2.75) is 44.6 Å². The fourth-order valence-corrected chi connectivity index (χ4v) is 3.69. The van der Waals surface area contributed by atoms with Crippen LogP contribution in [0.1, 0.15) is 38.5 Å². The Morgan fingerprint density at radius 3 is 2.76 bits per heavy atom. The molecule has 1 unspecified atom stereocenters. The van der Waals surface area contributed by atoms with Gasteiger partial charge in [0.25, 0.3) is 0 Å². The predicted molar refractivity (Wildman–Crippen MR) is 101 cm³/mol. The van der Waals surface area contributed by atoms with Crippen LogP contribution in [-0.4, -0.2) is 56.4 Å². The number of nitrogens with zero attached hydrogens (tertiary/aromatic N) is 2. The maximum absolute atomic E-state index is 12.4. The highest BCUT2D eigenvalue weighted by molar-refractivity contribution is 5.74. The van der Waals surface area contributed by atoms with Crippen LogP contribution in [-0.2, 0) is 4.74 Å². The monoisotopic (exact) mass is 345 g/mol. The highest BCUT2D eigenvalue weighted by Gasteiger charge is 2.19. The summed E-state index contributed by atoms with van der Waals surface area (Å²) in [5, 5.41) is 3.09. The van der Waals surface area contributed by atoms with Gasteiger partial charge in [-0.25, -0.2) is 4.79 Å². The van der Waals surface area contributed by atoms with E-state index in [0.717, 1.165) is 65.0 Å². The highest BCUT2D eigenvalue weighted by Crippen LogP contribution is 2.18. The lowest BCUT2D eigenvalue weighted by Crippen LogP contribution is -2.42. The Bertz CT molecular complexity index is 517. The lowest BCUT2D eigenvalue weighted by molar-refractivity contribution is 0.102. The number of hydrogen-bond donors (Lipinski definition) is 1. The first-order valence-corrected chi connectivity index (χ1v) is 9.77. The van der Waals surface area contributed by atoms with Gasteiger partial charge in [-0.1, -0.05) is 18.2 Å². The summed E-state index contributed by atoms with van der Waals surface area (Å²) in [6.45, 7) is 5.23. The summed E-state index contributed by atoms with van der Waals surface area (Å²) in [6.07, 6.45) is 7.19. The topological polar surface area (TPSA) is 44.8 Å². The second-order valence-corrected chi connectivity index (χ2v) is 7.03.